The SMILES string of the molecule is CCOc1cccc(C(=O)NCc2cc(-c3cccc(CN4CCN[C@@H](C)C4)c3)ccc2F)c1. The minimum atomic E-state index is -0.335. The first-order valence-corrected chi connectivity index (χ1v) is 11.9. The predicted molar refractivity (Wildman–Crippen MR) is 133 cm³/mol. The standard InChI is InChI=1S/C28H32FN3O2/c1-3-34-26-9-5-8-24(16-26)28(33)31-17-25-15-23(10-11-27(25)29)22-7-4-6-21(14-22)19-32-13-12-30-20(2)18-32/h4-11,14-16,20,30H,3,12-13,17-19H2,1-2H3,(H,31,33)/t20-/m0/s1. The minimum Gasteiger partial charge on any atom is -0.494 e. The van der Waals surface area contributed by atoms with Crippen molar-refractivity contribution < 1.29 is 13.9 Å². The molecule has 1 aliphatic rings. The van der Waals surface area contributed by atoms with Gasteiger partial charge in [-0.05, 0) is 66.9 Å². The van der Waals surface area contributed by atoms with Crippen LogP contribution in [0.1, 0.15) is 35.3 Å². The van der Waals surface area contributed by atoms with Crippen molar-refractivity contribution in [1.29, 1.82) is 0 Å². The highest BCUT2D eigenvalue weighted by atomic mass is 19.1. The van der Waals surface area contributed by atoms with Crippen molar-refractivity contribution in [1.82, 2.24) is 15.5 Å². The third-order valence-electron chi connectivity index (χ3n) is 6.01. The number of carbonyl (C=O) groups is 1. The summed E-state index contributed by atoms with van der Waals surface area (Å²) in [5.41, 5.74) is 4.14. The van der Waals surface area contributed by atoms with Gasteiger partial charge >= 0.3 is 0 Å². The number of rotatable bonds is 8. The summed E-state index contributed by atoms with van der Waals surface area (Å²) in [4.78, 5) is 15.1. The largest absolute Gasteiger partial charge is 0.494 e. The Labute approximate surface area is 200 Å². The average molecular weight is 462 g/mol. The van der Waals surface area contributed by atoms with Crippen LogP contribution in [0.4, 0.5) is 4.39 Å². The molecule has 3 aromatic carbocycles. The van der Waals surface area contributed by atoms with Gasteiger partial charge in [0.1, 0.15) is 11.6 Å². The Morgan fingerprint density at radius 3 is 2.76 bits per heavy atom. The van der Waals surface area contributed by atoms with Crippen LogP contribution in [0, 0.1) is 5.82 Å². The molecule has 0 spiro atoms. The number of hydrogen-bond donors (Lipinski definition) is 2. The van der Waals surface area contributed by atoms with Crippen molar-refractivity contribution in [2.45, 2.75) is 33.0 Å². The number of hydrogen-bond acceptors (Lipinski definition) is 4. The molecule has 1 atom stereocenters. The van der Waals surface area contributed by atoms with E-state index in [-0.39, 0.29) is 18.3 Å². The molecular weight excluding hydrogens is 429 g/mol. The zero-order valence-corrected chi connectivity index (χ0v) is 19.8. The van der Waals surface area contributed by atoms with E-state index in [4.69, 9.17) is 4.74 Å². The van der Waals surface area contributed by atoms with Gasteiger partial charge in [0, 0.05) is 49.9 Å². The maximum Gasteiger partial charge on any atom is 0.251 e. The highest BCUT2D eigenvalue weighted by Crippen LogP contribution is 2.24. The van der Waals surface area contributed by atoms with E-state index >= 15 is 0 Å². The predicted octanol–water partition coefficient (Wildman–Crippen LogP) is 4.62. The van der Waals surface area contributed by atoms with E-state index in [1.165, 1.54) is 11.6 Å². The van der Waals surface area contributed by atoms with Gasteiger partial charge in [0.2, 0.25) is 0 Å². The summed E-state index contributed by atoms with van der Waals surface area (Å²) in [6, 6.07) is 21.0. The number of amides is 1. The summed E-state index contributed by atoms with van der Waals surface area (Å²) in [6.07, 6.45) is 0. The molecule has 34 heavy (non-hydrogen) atoms. The van der Waals surface area contributed by atoms with Crippen molar-refractivity contribution in [3.8, 4) is 16.9 Å². The molecule has 0 saturated carbocycles. The first-order chi connectivity index (χ1) is 16.5. The number of ether oxygens (including phenoxy) is 1. The van der Waals surface area contributed by atoms with E-state index in [0.717, 1.165) is 37.3 Å². The Hall–Kier alpha value is -3.22. The molecule has 3 aromatic rings. The van der Waals surface area contributed by atoms with Crippen molar-refractivity contribution >= 4 is 5.91 Å². The fourth-order valence-electron chi connectivity index (χ4n) is 4.32. The molecule has 1 aliphatic heterocycles. The first-order valence-electron chi connectivity index (χ1n) is 11.9. The van der Waals surface area contributed by atoms with Crippen LogP contribution in [0.15, 0.2) is 66.7 Å². The van der Waals surface area contributed by atoms with Crippen molar-refractivity contribution in [2.75, 3.05) is 26.2 Å². The molecule has 0 aliphatic carbocycles. The second kappa shape index (κ2) is 11.3. The van der Waals surface area contributed by atoms with Gasteiger partial charge in [0.25, 0.3) is 5.91 Å². The molecule has 1 saturated heterocycles. The van der Waals surface area contributed by atoms with Crippen LogP contribution in [0.2, 0.25) is 0 Å². The third-order valence-corrected chi connectivity index (χ3v) is 6.01. The molecule has 0 radical (unpaired) electrons. The van der Waals surface area contributed by atoms with Crippen LogP contribution in [-0.4, -0.2) is 43.1 Å². The first kappa shape index (κ1) is 23.9. The summed E-state index contributed by atoms with van der Waals surface area (Å²) < 4.78 is 20.0. The average Bonchev–Trinajstić information content (AvgIpc) is 2.84. The van der Waals surface area contributed by atoms with Crippen LogP contribution in [0.5, 0.6) is 5.75 Å². The summed E-state index contributed by atoms with van der Waals surface area (Å²) in [5.74, 6) is 0.0372. The topological polar surface area (TPSA) is 53.6 Å². The number of nitrogens with one attached hydrogen (secondary N) is 2. The number of halogens is 1. The minimum absolute atomic E-state index is 0.107. The summed E-state index contributed by atoms with van der Waals surface area (Å²) in [5, 5.41) is 6.30. The normalized spacial score (nSPS) is 16.3. The zero-order chi connectivity index (χ0) is 23.9. The van der Waals surface area contributed by atoms with Crippen LogP contribution >= 0.6 is 0 Å². The summed E-state index contributed by atoms with van der Waals surface area (Å²) >= 11 is 0. The maximum atomic E-state index is 14.5. The van der Waals surface area contributed by atoms with E-state index in [1.54, 1.807) is 30.3 Å². The smallest absolute Gasteiger partial charge is 0.251 e. The van der Waals surface area contributed by atoms with E-state index < -0.39 is 0 Å². The second-order valence-corrected chi connectivity index (χ2v) is 8.74. The van der Waals surface area contributed by atoms with Gasteiger partial charge in [0.05, 0.1) is 6.61 Å². The van der Waals surface area contributed by atoms with Crippen molar-refractivity contribution in [3.63, 3.8) is 0 Å². The lowest BCUT2D eigenvalue weighted by Gasteiger charge is -2.31. The van der Waals surface area contributed by atoms with Gasteiger partial charge < -0.3 is 15.4 Å². The van der Waals surface area contributed by atoms with Crippen LogP contribution < -0.4 is 15.4 Å². The molecule has 1 amide bonds. The molecule has 4 rings (SSSR count). The zero-order valence-electron chi connectivity index (χ0n) is 19.8. The molecular formula is C28H32FN3O2. The Morgan fingerprint density at radius 2 is 1.94 bits per heavy atom. The molecule has 5 nitrogen and oxygen atoms in total. The monoisotopic (exact) mass is 461 g/mol. The Bertz CT molecular complexity index is 1130. The van der Waals surface area contributed by atoms with Crippen LogP contribution in [0.3, 0.4) is 0 Å². The van der Waals surface area contributed by atoms with Crippen molar-refractivity contribution in [3.05, 3.63) is 89.2 Å². The lowest BCUT2D eigenvalue weighted by atomic mass is 10.00. The quantitative estimate of drug-likeness (QED) is 0.514. The summed E-state index contributed by atoms with van der Waals surface area (Å²) in [7, 11) is 0. The highest BCUT2D eigenvalue weighted by molar-refractivity contribution is 5.94. The Kier molecular flexibility index (Phi) is 7.93. The lowest BCUT2D eigenvalue weighted by Crippen LogP contribution is -2.48. The van der Waals surface area contributed by atoms with Gasteiger partial charge in [-0.2, -0.15) is 0 Å². The maximum absolute atomic E-state index is 14.5. The Balaban J connectivity index is 1.45. The number of nitrogens with zero attached hydrogens (tertiary/aromatic N) is 1. The second-order valence-electron chi connectivity index (χ2n) is 8.74. The molecule has 0 unspecified atom stereocenters. The van der Waals surface area contributed by atoms with Gasteiger partial charge in [-0.15, -0.1) is 0 Å². The molecule has 1 heterocycles. The van der Waals surface area contributed by atoms with Gasteiger partial charge in [0.15, 0.2) is 0 Å². The number of benzene rings is 3. The highest BCUT2D eigenvalue weighted by Gasteiger charge is 2.16. The van der Waals surface area contributed by atoms with E-state index in [2.05, 4.69) is 34.6 Å². The molecule has 1 fully saturated rings. The molecule has 0 aromatic heterocycles. The molecule has 6 heteroatoms. The molecule has 0 bridgehead atoms. The third kappa shape index (κ3) is 6.22. The van der Waals surface area contributed by atoms with E-state index in [9.17, 15) is 9.18 Å². The van der Waals surface area contributed by atoms with E-state index in [0.29, 0.717) is 29.5 Å². The van der Waals surface area contributed by atoms with Gasteiger partial charge in [-0.3, -0.25) is 9.69 Å². The van der Waals surface area contributed by atoms with Crippen molar-refractivity contribution in [2.24, 2.45) is 0 Å². The molecule has 178 valence electrons. The lowest BCUT2D eigenvalue weighted by molar-refractivity contribution is 0.0950. The number of piperazine rings is 1. The van der Waals surface area contributed by atoms with Crippen LogP contribution in [-0.2, 0) is 13.1 Å². The van der Waals surface area contributed by atoms with Gasteiger partial charge in [-0.1, -0.05) is 30.3 Å². The van der Waals surface area contributed by atoms with Gasteiger partial charge in [-0.25, -0.2) is 4.39 Å². The summed E-state index contributed by atoms with van der Waals surface area (Å²) in [6.45, 7) is 8.68. The van der Waals surface area contributed by atoms with E-state index in [1.807, 2.05) is 25.1 Å². The fraction of sp³-hybridized carbons (Fsp3) is 0.321. The van der Waals surface area contributed by atoms with Crippen LogP contribution in [0.25, 0.3) is 11.1 Å². The molecule has 2 N–H and O–H groups in total. The fourth-order valence-corrected chi connectivity index (χ4v) is 4.32. The number of carbonyl (C=O) groups excluding carboxylic acids is 1. The Morgan fingerprint density at radius 1 is 1.12 bits per heavy atom.